The van der Waals surface area contributed by atoms with E-state index in [1.54, 1.807) is 30.3 Å². The Morgan fingerprint density at radius 3 is 2.52 bits per heavy atom. The molecule has 1 aromatic carbocycles. The van der Waals surface area contributed by atoms with Gasteiger partial charge in [0.25, 0.3) is 11.8 Å². The van der Waals surface area contributed by atoms with Gasteiger partial charge in [0.2, 0.25) is 0 Å². The first-order chi connectivity index (χ1) is 10.1. The van der Waals surface area contributed by atoms with Crippen LogP contribution in [0, 0.1) is 0 Å². The van der Waals surface area contributed by atoms with Crippen LogP contribution in [0.5, 0.6) is 0 Å². The third kappa shape index (κ3) is 4.70. The summed E-state index contributed by atoms with van der Waals surface area (Å²) in [6, 6.07) is 6.97. The average Bonchev–Trinajstić information content (AvgIpc) is 2.53. The zero-order valence-corrected chi connectivity index (χ0v) is 11.5. The summed E-state index contributed by atoms with van der Waals surface area (Å²) in [5.41, 5.74) is 5.40. The molecule has 0 aliphatic carbocycles. The largest absolute Gasteiger partial charge is 0.289 e. The van der Waals surface area contributed by atoms with E-state index in [2.05, 4.69) is 20.8 Å². The van der Waals surface area contributed by atoms with E-state index in [4.69, 9.17) is 11.6 Å². The topological polar surface area (TPSA) is 84.0 Å². The fraction of sp³-hybridized carbons (Fsp3) is 0. The van der Waals surface area contributed by atoms with Crippen LogP contribution in [0.1, 0.15) is 16.1 Å². The molecule has 6 nitrogen and oxygen atoms in total. The summed E-state index contributed by atoms with van der Waals surface area (Å²) in [5.74, 6) is -1.02. The highest BCUT2D eigenvalue weighted by Crippen LogP contribution is 2.10. The summed E-state index contributed by atoms with van der Waals surface area (Å²) < 4.78 is 0. The van der Waals surface area contributed by atoms with Gasteiger partial charge in [0.1, 0.15) is 5.69 Å². The Morgan fingerprint density at radius 2 is 1.86 bits per heavy atom. The molecule has 0 unspecified atom stereocenters. The molecule has 0 atom stereocenters. The van der Waals surface area contributed by atoms with E-state index < -0.39 is 11.8 Å². The number of hydrogen-bond acceptors (Lipinski definition) is 4. The second kappa shape index (κ2) is 7.16. The molecule has 0 aliphatic rings. The fourth-order valence-electron chi connectivity index (χ4n) is 1.39. The first-order valence-corrected chi connectivity index (χ1v) is 6.33. The molecule has 0 aliphatic heterocycles. The number of nitrogens with one attached hydrogen (secondary N) is 2. The van der Waals surface area contributed by atoms with Crippen LogP contribution in [-0.2, 0) is 4.79 Å². The second-order valence-corrected chi connectivity index (χ2v) is 4.36. The lowest BCUT2D eigenvalue weighted by molar-refractivity contribution is -0.117. The highest BCUT2D eigenvalue weighted by Gasteiger charge is 2.06. The minimum absolute atomic E-state index is 0.111. The van der Waals surface area contributed by atoms with Gasteiger partial charge in [-0.05, 0) is 23.8 Å². The van der Waals surface area contributed by atoms with Gasteiger partial charge >= 0.3 is 0 Å². The molecular weight excluding hydrogens is 292 g/mol. The van der Waals surface area contributed by atoms with E-state index in [0.717, 1.165) is 5.56 Å². The van der Waals surface area contributed by atoms with Crippen molar-refractivity contribution in [3.05, 3.63) is 65.2 Å². The standard InChI is InChI=1S/C14H11ClN4O2/c15-11-4-1-10(2-5-11)3-6-13(20)18-19-14(21)12-9-16-7-8-17-12/h1-9H,(H,18,20)(H,19,21)/b6-3+. The van der Waals surface area contributed by atoms with Gasteiger partial charge in [-0.1, -0.05) is 23.7 Å². The molecule has 2 rings (SSSR count). The summed E-state index contributed by atoms with van der Waals surface area (Å²) in [6.07, 6.45) is 7.02. The Morgan fingerprint density at radius 1 is 1.10 bits per heavy atom. The summed E-state index contributed by atoms with van der Waals surface area (Å²) in [6.45, 7) is 0. The molecule has 0 fully saturated rings. The SMILES string of the molecule is O=C(/C=C/c1ccc(Cl)cc1)NNC(=O)c1cnccn1. The third-order valence-electron chi connectivity index (χ3n) is 2.39. The minimum atomic E-state index is -0.545. The normalized spacial score (nSPS) is 10.3. The highest BCUT2D eigenvalue weighted by molar-refractivity contribution is 6.30. The smallest absolute Gasteiger partial charge is 0.268 e. The van der Waals surface area contributed by atoms with Crippen LogP contribution >= 0.6 is 11.6 Å². The lowest BCUT2D eigenvalue weighted by atomic mass is 10.2. The van der Waals surface area contributed by atoms with Crippen molar-refractivity contribution in [1.82, 2.24) is 20.8 Å². The molecule has 106 valence electrons. The van der Waals surface area contributed by atoms with Gasteiger partial charge in [-0.25, -0.2) is 4.98 Å². The number of hydrogen-bond donors (Lipinski definition) is 2. The van der Waals surface area contributed by atoms with E-state index in [1.165, 1.54) is 24.7 Å². The summed E-state index contributed by atoms with van der Waals surface area (Å²) >= 11 is 5.76. The molecule has 0 bridgehead atoms. The molecule has 0 radical (unpaired) electrons. The first kappa shape index (κ1) is 14.7. The van der Waals surface area contributed by atoms with Crippen molar-refractivity contribution in [1.29, 1.82) is 0 Å². The number of amides is 2. The number of halogens is 1. The zero-order valence-electron chi connectivity index (χ0n) is 10.8. The van der Waals surface area contributed by atoms with Crippen molar-refractivity contribution in [2.75, 3.05) is 0 Å². The maximum absolute atomic E-state index is 11.6. The van der Waals surface area contributed by atoms with Crippen LogP contribution in [0.25, 0.3) is 6.08 Å². The monoisotopic (exact) mass is 302 g/mol. The van der Waals surface area contributed by atoms with Gasteiger partial charge in [0.05, 0.1) is 6.20 Å². The van der Waals surface area contributed by atoms with Crippen molar-refractivity contribution in [2.24, 2.45) is 0 Å². The maximum Gasteiger partial charge on any atom is 0.289 e. The summed E-state index contributed by atoms with van der Waals surface area (Å²) in [7, 11) is 0. The average molecular weight is 303 g/mol. The Kier molecular flexibility index (Phi) is 5.00. The molecule has 2 amide bonds. The molecule has 0 spiro atoms. The van der Waals surface area contributed by atoms with Crippen molar-refractivity contribution in [3.8, 4) is 0 Å². The summed E-state index contributed by atoms with van der Waals surface area (Å²) in [5, 5.41) is 0.618. The lowest BCUT2D eigenvalue weighted by Crippen LogP contribution is -2.41. The van der Waals surface area contributed by atoms with E-state index in [0.29, 0.717) is 5.02 Å². The Balaban J connectivity index is 1.85. The van der Waals surface area contributed by atoms with Gasteiger partial charge in [-0.3, -0.25) is 25.4 Å². The third-order valence-corrected chi connectivity index (χ3v) is 2.64. The Labute approximate surface area is 125 Å². The minimum Gasteiger partial charge on any atom is -0.268 e. The van der Waals surface area contributed by atoms with Crippen molar-refractivity contribution < 1.29 is 9.59 Å². The molecule has 21 heavy (non-hydrogen) atoms. The molecule has 1 heterocycles. The van der Waals surface area contributed by atoms with Crippen LogP contribution < -0.4 is 10.9 Å². The highest BCUT2D eigenvalue weighted by atomic mass is 35.5. The van der Waals surface area contributed by atoms with Crippen LogP contribution in [0.2, 0.25) is 5.02 Å². The van der Waals surface area contributed by atoms with E-state index in [-0.39, 0.29) is 5.69 Å². The fourth-order valence-corrected chi connectivity index (χ4v) is 1.51. The van der Waals surface area contributed by atoms with Gasteiger partial charge < -0.3 is 0 Å². The first-order valence-electron chi connectivity index (χ1n) is 5.95. The molecule has 0 saturated carbocycles. The van der Waals surface area contributed by atoms with E-state index >= 15 is 0 Å². The summed E-state index contributed by atoms with van der Waals surface area (Å²) in [4.78, 5) is 30.7. The molecule has 2 N–H and O–H groups in total. The molecule has 2 aromatic rings. The molecule has 0 saturated heterocycles. The van der Waals surface area contributed by atoms with Gasteiger partial charge in [-0.2, -0.15) is 0 Å². The Bertz CT molecular complexity index is 656. The number of nitrogens with zero attached hydrogens (tertiary/aromatic N) is 2. The number of benzene rings is 1. The van der Waals surface area contributed by atoms with Crippen LogP contribution in [0.15, 0.2) is 48.9 Å². The number of rotatable bonds is 3. The number of hydrazine groups is 1. The van der Waals surface area contributed by atoms with Gasteiger partial charge in [-0.15, -0.1) is 0 Å². The van der Waals surface area contributed by atoms with Crippen molar-refractivity contribution in [2.45, 2.75) is 0 Å². The lowest BCUT2D eigenvalue weighted by Gasteiger charge is -2.03. The van der Waals surface area contributed by atoms with Gasteiger partial charge in [0, 0.05) is 23.5 Å². The molecule has 7 heteroatoms. The van der Waals surface area contributed by atoms with E-state index in [9.17, 15) is 9.59 Å². The number of carbonyl (C=O) groups is 2. The molecule has 1 aromatic heterocycles. The van der Waals surface area contributed by atoms with Crippen LogP contribution in [-0.4, -0.2) is 21.8 Å². The maximum atomic E-state index is 11.6. The van der Waals surface area contributed by atoms with Crippen molar-refractivity contribution >= 4 is 29.5 Å². The Hall–Kier alpha value is -2.73. The molecular formula is C14H11ClN4O2. The quantitative estimate of drug-likeness (QED) is 0.666. The predicted molar refractivity (Wildman–Crippen MR) is 78.1 cm³/mol. The van der Waals surface area contributed by atoms with Crippen LogP contribution in [0.3, 0.4) is 0 Å². The zero-order chi connectivity index (χ0) is 15.1. The van der Waals surface area contributed by atoms with Crippen molar-refractivity contribution in [3.63, 3.8) is 0 Å². The number of carbonyl (C=O) groups excluding carboxylic acids is 2. The van der Waals surface area contributed by atoms with Gasteiger partial charge in [0.15, 0.2) is 0 Å². The predicted octanol–water partition coefficient (Wildman–Crippen LogP) is 1.60. The van der Waals surface area contributed by atoms with E-state index in [1.807, 2.05) is 0 Å². The number of aromatic nitrogens is 2. The van der Waals surface area contributed by atoms with Crippen LogP contribution in [0.4, 0.5) is 0 Å². The second-order valence-electron chi connectivity index (χ2n) is 3.92.